The van der Waals surface area contributed by atoms with Gasteiger partial charge in [-0.1, -0.05) is 5.10 Å². The molecule has 2 aliphatic rings. The Kier molecular flexibility index (Phi) is 3.25. The molecule has 110 valence electrons. The van der Waals surface area contributed by atoms with Gasteiger partial charge in [-0.25, -0.2) is 0 Å². The van der Waals surface area contributed by atoms with Crippen LogP contribution in [0.3, 0.4) is 0 Å². The van der Waals surface area contributed by atoms with Crippen molar-refractivity contribution >= 4 is 11.9 Å². The van der Waals surface area contributed by atoms with Crippen LogP contribution in [0.5, 0.6) is 0 Å². The number of rotatable bonds is 3. The Bertz CT molecular complexity index is 513. The molecule has 0 spiro atoms. The average Bonchev–Trinajstić information content (AvgIpc) is 3.01. The SMILES string of the molecule is Cc1nnc(NC(=O)CN2CC3CNCC3C2(C)C)o1. The van der Waals surface area contributed by atoms with Gasteiger partial charge >= 0.3 is 6.01 Å². The van der Waals surface area contributed by atoms with E-state index in [2.05, 4.69) is 39.6 Å². The molecule has 2 saturated heterocycles. The van der Waals surface area contributed by atoms with E-state index in [1.54, 1.807) is 6.92 Å². The number of carbonyl (C=O) groups excluding carboxylic acids is 1. The molecule has 7 nitrogen and oxygen atoms in total. The van der Waals surface area contributed by atoms with Crippen LogP contribution in [0.1, 0.15) is 19.7 Å². The first-order valence-electron chi connectivity index (χ1n) is 7.02. The van der Waals surface area contributed by atoms with Gasteiger partial charge in [0.1, 0.15) is 0 Å². The first-order chi connectivity index (χ1) is 9.46. The monoisotopic (exact) mass is 279 g/mol. The smallest absolute Gasteiger partial charge is 0.322 e. The summed E-state index contributed by atoms with van der Waals surface area (Å²) in [6, 6.07) is 0.173. The lowest BCUT2D eigenvalue weighted by atomic mass is 9.85. The molecule has 0 saturated carbocycles. The summed E-state index contributed by atoms with van der Waals surface area (Å²) in [5.41, 5.74) is 0.0380. The van der Waals surface area contributed by atoms with Gasteiger partial charge < -0.3 is 9.73 Å². The number of anilines is 1. The normalized spacial score (nSPS) is 28.6. The highest BCUT2D eigenvalue weighted by molar-refractivity contribution is 5.90. The fourth-order valence-corrected chi connectivity index (χ4v) is 3.45. The van der Waals surface area contributed by atoms with Crippen molar-refractivity contribution in [1.29, 1.82) is 0 Å². The summed E-state index contributed by atoms with van der Waals surface area (Å²) in [5.74, 6) is 1.60. The Labute approximate surface area is 118 Å². The number of nitrogens with zero attached hydrogens (tertiary/aromatic N) is 3. The Morgan fingerprint density at radius 2 is 2.30 bits per heavy atom. The number of nitrogens with one attached hydrogen (secondary N) is 2. The third-order valence-electron chi connectivity index (χ3n) is 4.62. The molecule has 3 rings (SSSR count). The molecule has 0 aromatic carbocycles. The molecular formula is C13H21N5O2. The van der Waals surface area contributed by atoms with Crippen molar-refractivity contribution in [3.05, 3.63) is 5.89 Å². The van der Waals surface area contributed by atoms with Gasteiger partial charge in [0.15, 0.2) is 0 Å². The van der Waals surface area contributed by atoms with Gasteiger partial charge in [-0.2, -0.15) is 0 Å². The third kappa shape index (κ3) is 2.31. The van der Waals surface area contributed by atoms with Crippen LogP contribution in [0, 0.1) is 18.8 Å². The molecule has 0 radical (unpaired) electrons. The van der Waals surface area contributed by atoms with Gasteiger partial charge in [0.05, 0.1) is 6.54 Å². The number of hydrogen-bond acceptors (Lipinski definition) is 6. The Balaban J connectivity index is 1.62. The number of hydrogen-bond donors (Lipinski definition) is 2. The number of amides is 1. The molecule has 20 heavy (non-hydrogen) atoms. The lowest BCUT2D eigenvalue weighted by Gasteiger charge is -2.35. The molecule has 1 amide bonds. The number of aromatic nitrogens is 2. The van der Waals surface area contributed by atoms with E-state index in [0.717, 1.165) is 19.6 Å². The predicted molar refractivity (Wildman–Crippen MR) is 73.2 cm³/mol. The minimum Gasteiger partial charge on any atom is -0.408 e. The van der Waals surface area contributed by atoms with Crippen molar-refractivity contribution in [2.75, 3.05) is 31.5 Å². The van der Waals surface area contributed by atoms with Crippen LogP contribution in [0.25, 0.3) is 0 Å². The van der Waals surface area contributed by atoms with E-state index in [-0.39, 0.29) is 17.5 Å². The molecule has 0 aliphatic carbocycles. The Hall–Kier alpha value is -1.47. The summed E-state index contributed by atoms with van der Waals surface area (Å²) >= 11 is 0. The molecule has 1 aromatic rings. The number of aryl methyl sites for hydroxylation is 1. The molecule has 1 aromatic heterocycles. The summed E-state index contributed by atoms with van der Waals surface area (Å²) in [5, 5.41) is 13.6. The molecule has 2 fully saturated rings. The van der Waals surface area contributed by atoms with E-state index in [4.69, 9.17) is 4.42 Å². The van der Waals surface area contributed by atoms with Gasteiger partial charge in [-0.05, 0) is 32.2 Å². The van der Waals surface area contributed by atoms with Crippen LogP contribution in [0.4, 0.5) is 6.01 Å². The highest BCUT2D eigenvalue weighted by Crippen LogP contribution is 2.40. The maximum Gasteiger partial charge on any atom is 0.322 e. The molecule has 2 unspecified atom stereocenters. The number of fused-ring (bicyclic) bond motifs is 1. The maximum atomic E-state index is 12.1. The lowest BCUT2D eigenvalue weighted by Crippen LogP contribution is -2.47. The second-order valence-electron chi connectivity index (χ2n) is 6.23. The summed E-state index contributed by atoms with van der Waals surface area (Å²) < 4.78 is 5.16. The van der Waals surface area contributed by atoms with E-state index in [1.165, 1.54) is 0 Å². The van der Waals surface area contributed by atoms with Crippen molar-refractivity contribution in [2.24, 2.45) is 11.8 Å². The summed E-state index contributed by atoms with van der Waals surface area (Å²) in [7, 11) is 0. The number of likely N-dealkylation sites (tertiary alicyclic amines) is 1. The van der Waals surface area contributed by atoms with Crippen LogP contribution in [-0.2, 0) is 4.79 Å². The molecule has 0 bridgehead atoms. The van der Waals surface area contributed by atoms with E-state index in [9.17, 15) is 4.79 Å². The van der Waals surface area contributed by atoms with Crippen LogP contribution in [-0.4, -0.2) is 52.7 Å². The molecule has 2 N–H and O–H groups in total. The first-order valence-corrected chi connectivity index (χ1v) is 7.02. The first kappa shape index (κ1) is 13.5. The minimum atomic E-state index is -0.102. The largest absolute Gasteiger partial charge is 0.408 e. The fraction of sp³-hybridized carbons (Fsp3) is 0.769. The van der Waals surface area contributed by atoms with Gasteiger partial charge in [-0.15, -0.1) is 5.10 Å². The fourth-order valence-electron chi connectivity index (χ4n) is 3.45. The second kappa shape index (κ2) is 4.82. The summed E-state index contributed by atoms with van der Waals surface area (Å²) in [4.78, 5) is 14.3. The van der Waals surface area contributed by atoms with Crippen molar-refractivity contribution in [3.63, 3.8) is 0 Å². The lowest BCUT2D eigenvalue weighted by molar-refractivity contribution is -0.118. The van der Waals surface area contributed by atoms with Crippen LogP contribution >= 0.6 is 0 Å². The van der Waals surface area contributed by atoms with Gasteiger partial charge in [0.25, 0.3) is 0 Å². The van der Waals surface area contributed by atoms with Crippen LogP contribution in [0.2, 0.25) is 0 Å². The average molecular weight is 279 g/mol. The zero-order valence-corrected chi connectivity index (χ0v) is 12.1. The quantitative estimate of drug-likeness (QED) is 0.825. The van der Waals surface area contributed by atoms with Gasteiger partial charge in [0, 0.05) is 25.6 Å². The summed E-state index contributed by atoms with van der Waals surface area (Å²) in [6.07, 6.45) is 0. The van der Waals surface area contributed by atoms with Crippen molar-refractivity contribution in [1.82, 2.24) is 20.4 Å². The highest BCUT2D eigenvalue weighted by Gasteiger charge is 2.49. The van der Waals surface area contributed by atoms with Gasteiger partial charge in [0.2, 0.25) is 11.8 Å². The molecular weight excluding hydrogens is 258 g/mol. The molecule has 7 heteroatoms. The predicted octanol–water partition coefficient (Wildman–Crippen LogP) is 0.246. The molecule has 2 atom stereocenters. The minimum absolute atomic E-state index is 0.0380. The third-order valence-corrected chi connectivity index (χ3v) is 4.62. The number of carbonyl (C=O) groups is 1. The maximum absolute atomic E-state index is 12.1. The Morgan fingerprint density at radius 1 is 1.50 bits per heavy atom. The van der Waals surface area contributed by atoms with E-state index < -0.39 is 0 Å². The zero-order chi connectivity index (χ0) is 14.3. The topological polar surface area (TPSA) is 83.3 Å². The van der Waals surface area contributed by atoms with Gasteiger partial charge in [-0.3, -0.25) is 15.0 Å². The van der Waals surface area contributed by atoms with E-state index in [1.807, 2.05) is 0 Å². The van der Waals surface area contributed by atoms with E-state index in [0.29, 0.717) is 24.3 Å². The van der Waals surface area contributed by atoms with Crippen LogP contribution < -0.4 is 10.6 Å². The standard InChI is InChI=1S/C13H21N5O2/c1-8-16-17-12(20-8)15-11(19)7-18-6-9-4-14-5-10(9)13(18,2)3/h9-10,14H,4-7H2,1-3H3,(H,15,17,19). The Morgan fingerprint density at radius 3 is 2.95 bits per heavy atom. The summed E-state index contributed by atoms with van der Waals surface area (Å²) in [6.45, 7) is 9.54. The van der Waals surface area contributed by atoms with E-state index >= 15 is 0 Å². The van der Waals surface area contributed by atoms with Crippen molar-refractivity contribution in [3.8, 4) is 0 Å². The highest BCUT2D eigenvalue weighted by atomic mass is 16.4. The van der Waals surface area contributed by atoms with Crippen molar-refractivity contribution < 1.29 is 9.21 Å². The molecule has 3 heterocycles. The zero-order valence-electron chi connectivity index (χ0n) is 12.1. The molecule has 2 aliphatic heterocycles. The second-order valence-corrected chi connectivity index (χ2v) is 6.23. The van der Waals surface area contributed by atoms with Crippen LogP contribution in [0.15, 0.2) is 4.42 Å². The van der Waals surface area contributed by atoms with Crippen molar-refractivity contribution in [2.45, 2.75) is 26.3 Å².